The second kappa shape index (κ2) is 7.00. The number of ether oxygens (including phenoxy) is 2. The molecule has 1 unspecified atom stereocenters. The van der Waals surface area contributed by atoms with E-state index in [-0.39, 0.29) is 28.7 Å². The molecule has 0 amide bonds. The summed E-state index contributed by atoms with van der Waals surface area (Å²) >= 11 is 6.08. The molecule has 2 aromatic carbocycles. The van der Waals surface area contributed by atoms with Gasteiger partial charge in [0.1, 0.15) is 17.2 Å². The maximum absolute atomic E-state index is 12.9. The van der Waals surface area contributed by atoms with Gasteiger partial charge < -0.3 is 14.6 Å². The molecule has 7 heteroatoms. The van der Waals surface area contributed by atoms with Crippen molar-refractivity contribution >= 4 is 29.4 Å². The number of Topliss-reactive ketones (excluding diaryl/α,β-unsaturated/α-hetero) is 1. The van der Waals surface area contributed by atoms with Crippen molar-refractivity contribution in [2.45, 2.75) is 12.3 Å². The van der Waals surface area contributed by atoms with E-state index in [0.717, 1.165) is 5.56 Å². The van der Waals surface area contributed by atoms with Crippen molar-refractivity contribution in [3.05, 3.63) is 87.9 Å². The first kappa shape index (κ1) is 18.4. The topological polar surface area (TPSA) is 85.7 Å². The SMILES string of the molecule is O=C1CC(c2ccc(O)c(Cl)c2)c2c(ccc3c2O/C(=C\c2cccnc2)C3=O)O1. The maximum atomic E-state index is 12.9. The van der Waals surface area contributed by atoms with E-state index in [1.165, 1.54) is 6.07 Å². The summed E-state index contributed by atoms with van der Waals surface area (Å²) in [5.74, 6) is -0.247. The standard InChI is InChI=1S/C23H14ClNO5/c24-16-9-13(3-5-17(16)26)15-10-20(27)29-18-6-4-14-22(28)19(30-23(14)21(15)18)8-12-2-1-7-25-11-12/h1-9,11,15,26H,10H2/b19-8-. The molecule has 0 saturated heterocycles. The second-order valence-corrected chi connectivity index (χ2v) is 7.43. The molecule has 0 radical (unpaired) electrons. The molecule has 6 nitrogen and oxygen atoms in total. The molecule has 3 aromatic rings. The van der Waals surface area contributed by atoms with Gasteiger partial charge in [-0.05, 0) is 47.5 Å². The third-order valence-corrected chi connectivity index (χ3v) is 5.44. The van der Waals surface area contributed by atoms with Crippen LogP contribution in [0.15, 0.2) is 60.6 Å². The number of hydrogen-bond acceptors (Lipinski definition) is 6. The normalized spacial score (nSPS) is 18.6. The minimum atomic E-state index is -0.431. The number of phenols is 1. The molecular weight excluding hydrogens is 406 g/mol. The first-order valence-corrected chi connectivity index (χ1v) is 9.59. The number of carbonyl (C=O) groups is 2. The van der Waals surface area contributed by atoms with Crippen molar-refractivity contribution in [1.29, 1.82) is 0 Å². The van der Waals surface area contributed by atoms with Crippen LogP contribution < -0.4 is 9.47 Å². The maximum Gasteiger partial charge on any atom is 0.312 e. The van der Waals surface area contributed by atoms with Gasteiger partial charge in [-0.2, -0.15) is 0 Å². The summed E-state index contributed by atoms with van der Waals surface area (Å²) in [6, 6.07) is 11.6. The lowest BCUT2D eigenvalue weighted by atomic mass is 9.84. The average molecular weight is 420 g/mol. The lowest BCUT2D eigenvalue weighted by Crippen LogP contribution is -2.21. The summed E-state index contributed by atoms with van der Waals surface area (Å²) < 4.78 is 11.4. The van der Waals surface area contributed by atoms with E-state index in [9.17, 15) is 14.7 Å². The molecular formula is C23H14ClNO5. The minimum absolute atomic E-state index is 0.0505. The number of hydrogen-bond donors (Lipinski definition) is 1. The lowest BCUT2D eigenvalue weighted by molar-refractivity contribution is -0.135. The summed E-state index contributed by atoms with van der Waals surface area (Å²) in [5.41, 5.74) is 2.45. The van der Waals surface area contributed by atoms with Crippen LogP contribution in [0.4, 0.5) is 0 Å². The highest BCUT2D eigenvalue weighted by Gasteiger charge is 2.38. The van der Waals surface area contributed by atoms with Gasteiger partial charge in [0.05, 0.1) is 17.0 Å². The third-order valence-electron chi connectivity index (χ3n) is 5.14. The molecule has 148 valence electrons. The van der Waals surface area contributed by atoms with Crippen molar-refractivity contribution in [3.8, 4) is 17.2 Å². The monoisotopic (exact) mass is 419 g/mol. The third kappa shape index (κ3) is 3.02. The highest BCUT2D eigenvalue weighted by molar-refractivity contribution is 6.32. The van der Waals surface area contributed by atoms with Gasteiger partial charge in [-0.15, -0.1) is 0 Å². The predicted octanol–water partition coefficient (Wildman–Crippen LogP) is 4.50. The van der Waals surface area contributed by atoms with E-state index < -0.39 is 11.9 Å². The number of pyridine rings is 1. The van der Waals surface area contributed by atoms with Gasteiger partial charge in [-0.25, -0.2) is 0 Å². The van der Waals surface area contributed by atoms with Crippen molar-refractivity contribution in [2.75, 3.05) is 0 Å². The van der Waals surface area contributed by atoms with E-state index in [0.29, 0.717) is 28.2 Å². The van der Waals surface area contributed by atoms with Crippen molar-refractivity contribution < 1.29 is 24.2 Å². The molecule has 0 aliphatic carbocycles. The van der Waals surface area contributed by atoms with Crippen LogP contribution in [-0.2, 0) is 4.79 Å². The van der Waals surface area contributed by atoms with Gasteiger partial charge in [-0.3, -0.25) is 14.6 Å². The Morgan fingerprint density at radius 1 is 1.13 bits per heavy atom. The number of allylic oxidation sites excluding steroid dienone is 1. The fraction of sp³-hybridized carbons (Fsp3) is 0.0870. The van der Waals surface area contributed by atoms with Crippen LogP contribution in [0.3, 0.4) is 0 Å². The van der Waals surface area contributed by atoms with Crippen molar-refractivity contribution in [1.82, 2.24) is 4.98 Å². The van der Waals surface area contributed by atoms with Crippen LogP contribution in [0.2, 0.25) is 5.02 Å². The molecule has 1 aromatic heterocycles. The Morgan fingerprint density at radius 2 is 2.00 bits per heavy atom. The van der Waals surface area contributed by atoms with Crippen LogP contribution in [0.5, 0.6) is 17.2 Å². The number of carbonyl (C=O) groups excluding carboxylic acids is 2. The van der Waals surface area contributed by atoms with E-state index in [1.54, 1.807) is 48.8 Å². The largest absolute Gasteiger partial charge is 0.506 e. The van der Waals surface area contributed by atoms with Crippen LogP contribution in [-0.4, -0.2) is 21.8 Å². The first-order chi connectivity index (χ1) is 14.5. The highest BCUT2D eigenvalue weighted by Crippen LogP contribution is 2.49. The molecule has 2 aliphatic rings. The second-order valence-electron chi connectivity index (χ2n) is 7.02. The Labute approximate surface area is 176 Å². The molecule has 3 heterocycles. The number of aromatic nitrogens is 1. The number of ketones is 1. The number of nitrogens with zero attached hydrogens (tertiary/aromatic N) is 1. The fourth-order valence-corrected chi connectivity index (χ4v) is 3.93. The van der Waals surface area contributed by atoms with Crippen LogP contribution in [0, 0.1) is 0 Å². The Morgan fingerprint density at radius 3 is 2.77 bits per heavy atom. The molecule has 0 bridgehead atoms. The van der Waals surface area contributed by atoms with Crippen LogP contribution in [0.25, 0.3) is 6.08 Å². The van der Waals surface area contributed by atoms with Crippen LogP contribution >= 0.6 is 11.6 Å². The molecule has 1 atom stereocenters. The fourth-order valence-electron chi connectivity index (χ4n) is 3.74. The Hall–Kier alpha value is -3.64. The zero-order valence-electron chi connectivity index (χ0n) is 15.5. The molecule has 1 N–H and O–H groups in total. The summed E-state index contributed by atoms with van der Waals surface area (Å²) in [7, 11) is 0. The zero-order valence-corrected chi connectivity index (χ0v) is 16.2. The number of esters is 1. The Bertz CT molecular complexity index is 1240. The highest BCUT2D eigenvalue weighted by atomic mass is 35.5. The Kier molecular flexibility index (Phi) is 4.29. The average Bonchev–Trinajstić information content (AvgIpc) is 3.05. The number of halogens is 1. The number of rotatable bonds is 2. The summed E-state index contributed by atoms with van der Waals surface area (Å²) in [5, 5.41) is 9.92. The summed E-state index contributed by atoms with van der Waals surface area (Å²) in [4.78, 5) is 29.2. The van der Waals surface area contributed by atoms with E-state index in [2.05, 4.69) is 4.98 Å². The molecule has 2 aliphatic heterocycles. The van der Waals surface area contributed by atoms with Gasteiger partial charge in [0.2, 0.25) is 5.78 Å². The summed E-state index contributed by atoms with van der Waals surface area (Å²) in [6.07, 6.45) is 4.96. The molecule has 5 rings (SSSR count). The summed E-state index contributed by atoms with van der Waals surface area (Å²) in [6.45, 7) is 0. The number of phenolic OH excluding ortho intramolecular Hbond substituents is 1. The van der Waals surface area contributed by atoms with E-state index in [4.69, 9.17) is 21.1 Å². The predicted molar refractivity (Wildman–Crippen MR) is 109 cm³/mol. The van der Waals surface area contributed by atoms with Gasteiger partial charge in [0, 0.05) is 23.9 Å². The van der Waals surface area contributed by atoms with E-state index in [1.807, 2.05) is 6.07 Å². The molecule has 30 heavy (non-hydrogen) atoms. The zero-order chi connectivity index (χ0) is 20.8. The number of benzene rings is 2. The molecule has 0 fully saturated rings. The van der Waals surface area contributed by atoms with Crippen molar-refractivity contribution in [2.24, 2.45) is 0 Å². The van der Waals surface area contributed by atoms with Gasteiger partial charge >= 0.3 is 5.97 Å². The smallest absolute Gasteiger partial charge is 0.312 e. The number of fused-ring (bicyclic) bond motifs is 3. The van der Waals surface area contributed by atoms with Gasteiger partial charge in [0.15, 0.2) is 5.76 Å². The quantitative estimate of drug-likeness (QED) is 0.374. The van der Waals surface area contributed by atoms with Gasteiger partial charge in [0.25, 0.3) is 0 Å². The van der Waals surface area contributed by atoms with Crippen molar-refractivity contribution in [3.63, 3.8) is 0 Å². The molecule has 0 spiro atoms. The van der Waals surface area contributed by atoms with Crippen LogP contribution in [0.1, 0.15) is 39.4 Å². The minimum Gasteiger partial charge on any atom is -0.506 e. The molecule has 0 saturated carbocycles. The number of aromatic hydroxyl groups is 1. The lowest BCUT2D eigenvalue weighted by Gasteiger charge is -2.26. The first-order valence-electron chi connectivity index (χ1n) is 9.21. The van der Waals surface area contributed by atoms with E-state index >= 15 is 0 Å². The van der Waals surface area contributed by atoms with Gasteiger partial charge in [-0.1, -0.05) is 23.7 Å². The Balaban J connectivity index is 1.63.